The zero-order chi connectivity index (χ0) is 15.5. The van der Waals surface area contributed by atoms with Gasteiger partial charge < -0.3 is 15.4 Å². The van der Waals surface area contributed by atoms with Gasteiger partial charge in [0.1, 0.15) is 0 Å². The third kappa shape index (κ3) is 4.30. The first-order valence-corrected chi connectivity index (χ1v) is 7.73. The molecule has 0 radical (unpaired) electrons. The van der Waals surface area contributed by atoms with E-state index in [-0.39, 0.29) is 23.4 Å². The average Bonchev–Trinajstić information content (AvgIpc) is 2.39. The van der Waals surface area contributed by atoms with Gasteiger partial charge in [0.2, 0.25) is 11.8 Å². The van der Waals surface area contributed by atoms with Gasteiger partial charge in [-0.3, -0.25) is 9.59 Å². The van der Waals surface area contributed by atoms with Crippen LogP contribution in [-0.2, 0) is 14.3 Å². The molecule has 1 aliphatic heterocycles. The van der Waals surface area contributed by atoms with E-state index in [1.54, 1.807) is 0 Å². The largest absolute Gasteiger partial charge is 0.380 e. The molecule has 0 aromatic heterocycles. The molecule has 1 fully saturated rings. The van der Waals surface area contributed by atoms with E-state index in [1.165, 1.54) is 5.57 Å². The highest BCUT2D eigenvalue weighted by atomic mass is 16.5. The zero-order valence-electron chi connectivity index (χ0n) is 13.2. The van der Waals surface area contributed by atoms with Crippen molar-refractivity contribution in [2.24, 2.45) is 5.92 Å². The molecule has 1 aliphatic carbocycles. The number of rotatable bonds is 0. The third-order valence-corrected chi connectivity index (χ3v) is 4.56. The van der Waals surface area contributed by atoms with Crippen molar-refractivity contribution in [2.45, 2.75) is 58.0 Å². The first kappa shape index (κ1) is 16.0. The summed E-state index contributed by atoms with van der Waals surface area (Å²) in [6.07, 6.45) is 4.67. The first-order chi connectivity index (χ1) is 9.88. The number of fused-ring (bicyclic) bond motifs is 2. The molecule has 2 amide bonds. The standard InChI is InChI=1S/C16H26N2O3/c1-11-4-5-12-10-13(11)17-14(19)6-8-21-9-7-15(20)18-16(12,2)3/h4,12-13H,5-10H2,1-3H3,(H,17,19)(H,18,20)/t12-,13+/m0/s1. The molecule has 0 aromatic rings. The Morgan fingerprint density at radius 1 is 1.19 bits per heavy atom. The van der Waals surface area contributed by atoms with Crippen LogP contribution in [0.4, 0.5) is 0 Å². The molecular weight excluding hydrogens is 268 g/mol. The topological polar surface area (TPSA) is 67.4 Å². The molecule has 2 aliphatic rings. The number of ether oxygens (including phenoxy) is 1. The van der Waals surface area contributed by atoms with E-state index in [1.807, 2.05) is 0 Å². The fraction of sp³-hybridized carbons (Fsp3) is 0.750. The number of nitrogens with one attached hydrogen (secondary N) is 2. The van der Waals surface area contributed by atoms with Crippen LogP contribution < -0.4 is 10.6 Å². The molecule has 1 saturated heterocycles. The van der Waals surface area contributed by atoms with Crippen molar-refractivity contribution >= 4 is 11.8 Å². The van der Waals surface area contributed by atoms with Gasteiger partial charge in [-0.15, -0.1) is 0 Å². The van der Waals surface area contributed by atoms with Gasteiger partial charge in [-0.2, -0.15) is 0 Å². The number of carbonyl (C=O) groups is 2. The molecule has 21 heavy (non-hydrogen) atoms. The first-order valence-electron chi connectivity index (χ1n) is 7.73. The lowest BCUT2D eigenvalue weighted by molar-refractivity contribution is -0.124. The second kappa shape index (κ2) is 6.60. The fourth-order valence-electron chi connectivity index (χ4n) is 3.02. The SMILES string of the molecule is CC1=CC[C@H]2C[C@H]1NC(=O)CCOCCC(=O)NC2(C)C. The summed E-state index contributed by atoms with van der Waals surface area (Å²) in [6, 6.07) is 0.0631. The Morgan fingerprint density at radius 2 is 1.86 bits per heavy atom. The number of allylic oxidation sites excluding steroid dienone is 1. The van der Waals surface area contributed by atoms with Crippen LogP contribution in [0.5, 0.6) is 0 Å². The lowest BCUT2D eigenvalue weighted by Gasteiger charge is -2.40. The molecule has 0 unspecified atom stereocenters. The summed E-state index contributed by atoms with van der Waals surface area (Å²) < 4.78 is 5.36. The van der Waals surface area contributed by atoms with Crippen molar-refractivity contribution < 1.29 is 14.3 Å². The minimum Gasteiger partial charge on any atom is -0.380 e. The van der Waals surface area contributed by atoms with E-state index in [4.69, 9.17) is 4.74 Å². The second-order valence-electron chi connectivity index (χ2n) is 6.62. The molecule has 5 heteroatoms. The molecule has 5 nitrogen and oxygen atoms in total. The molecule has 118 valence electrons. The predicted molar refractivity (Wildman–Crippen MR) is 80.7 cm³/mol. The van der Waals surface area contributed by atoms with Crippen molar-refractivity contribution in [1.29, 1.82) is 0 Å². The summed E-state index contributed by atoms with van der Waals surface area (Å²) in [5.41, 5.74) is 0.920. The number of amides is 2. The van der Waals surface area contributed by atoms with Crippen LogP contribution >= 0.6 is 0 Å². The Hall–Kier alpha value is -1.36. The number of carbonyl (C=O) groups excluding carboxylic acids is 2. The second-order valence-corrected chi connectivity index (χ2v) is 6.62. The van der Waals surface area contributed by atoms with Crippen LogP contribution in [0.25, 0.3) is 0 Å². The van der Waals surface area contributed by atoms with Gasteiger partial charge in [0, 0.05) is 18.4 Å². The van der Waals surface area contributed by atoms with Crippen molar-refractivity contribution in [3.05, 3.63) is 11.6 Å². The Labute approximate surface area is 126 Å². The lowest BCUT2D eigenvalue weighted by Crippen LogP contribution is -2.52. The minimum absolute atomic E-state index is 0.0151. The smallest absolute Gasteiger partial charge is 0.222 e. The van der Waals surface area contributed by atoms with E-state index in [0.29, 0.717) is 32.0 Å². The van der Waals surface area contributed by atoms with Crippen LogP contribution in [0, 0.1) is 5.92 Å². The predicted octanol–water partition coefficient (Wildman–Crippen LogP) is 1.53. The van der Waals surface area contributed by atoms with E-state index >= 15 is 0 Å². The Bertz CT molecular complexity index is 443. The van der Waals surface area contributed by atoms with Gasteiger partial charge in [0.05, 0.1) is 19.3 Å². The number of hydrogen-bond donors (Lipinski definition) is 2. The normalized spacial score (nSPS) is 30.9. The Balaban J connectivity index is 2.17. The van der Waals surface area contributed by atoms with Gasteiger partial charge in [-0.1, -0.05) is 11.6 Å². The summed E-state index contributed by atoms with van der Waals surface area (Å²) >= 11 is 0. The summed E-state index contributed by atoms with van der Waals surface area (Å²) in [6.45, 7) is 6.90. The van der Waals surface area contributed by atoms with E-state index in [9.17, 15) is 9.59 Å². The van der Waals surface area contributed by atoms with Gasteiger partial charge in [-0.25, -0.2) is 0 Å². The summed E-state index contributed by atoms with van der Waals surface area (Å²) in [4.78, 5) is 24.0. The van der Waals surface area contributed by atoms with E-state index < -0.39 is 0 Å². The highest BCUT2D eigenvalue weighted by molar-refractivity contribution is 5.77. The van der Waals surface area contributed by atoms with Gasteiger partial charge in [0.15, 0.2) is 0 Å². The number of hydrogen-bond acceptors (Lipinski definition) is 3. The Morgan fingerprint density at radius 3 is 2.57 bits per heavy atom. The molecule has 2 bridgehead atoms. The molecule has 2 N–H and O–H groups in total. The lowest BCUT2D eigenvalue weighted by atomic mass is 9.75. The average molecular weight is 294 g/mol. The quantitative estimate of drug-likeness (QED) is 0.666. The molecule has 2 atom stereocenters. The molecule has 1 heterocycles. The summed E-state index contributed by atoms with van der Waals surface area (Å²) in [7, 11) is 0. The summed E-state index contributed by atoms with van der Waals surface area (Å²) in [5, 5.41) is 6.20. The van der Waals surface area contributed by atoms with Crippen LogP contribution in [0.15, 0.2) is 11.6 Å². The zero-order valence-corrected chi connectivity index (χ0v) is 13.2. The molecule has 2 rings (SSSR count). The van der Waals surface area contributed by atoms with Crippen molar-refractivity contribution in [3.8, 4) is 0 Å². The fourth-order valence-corrected chi connectivity index (χ4v) is 3.02. The van der Waals surface area contributed by atoms with Crippen LogP contribution in [0.3, 0.4) is 0 Å². The maximum Gasteiger partial charge on any atom is 0.222 e. The molecule has 0 aromatic carbocycles. The summed E-state index contributed by atoms with van der Waals surface area (Å²) in [5.74, 6) is 0.350. The van der Waals surface area contributed by atoms with Crippen LogP contribution in [-0.4, -0.2) is 36.6 Å². The van der Waals surface area contributed by atoms with Gasteiger partial charge in [0.25, 0.3) is 0 Å². The van der Waals surface area contributed by atoms with Crippen LogP contribution in [0.2, 0.25) is 0 Å². The van der Waals surface area contributed by atoms with Crippen LogP contribution in [0.1, 0.15) is 46.5 Å². The maximum absolute atomic E-state index is 12.0. The van der Waals surface area contributed by atoms with Crippen molar-refractivity contribution in [1.82, 2.24) is 10.6 Å². The third-order valence-electron chi connectivity index (χ3n) is 4.56. The highest BCUT2D eigenvalue weighted by Gasteiger charge is 2.35. The van der Waals surface area contributed by atoms with Gasteiger partial charge in [-0.05, 0) is 39.5 Å². The van der Waals surface area contributed by atoms with Gasteiger partial charge >= 0.3 is 0 Å². The Kier molecular flexibility index (Phi) is 5.04. The molecular formula is C16H26N2O3. The monoisotopic (exact) mass is 294 g/mol. The van der Waals surface area contributed by atoms with Crippen molar-refractivity contribution in [3.63, 3.8) is 0 Å². The minimum atomic E-state index is -0.286. The molecule has 0 spiro atoms. The molecule has 0 saturated carbocycles. The van der Waals surface area contributed by atoms with E-state index in [0.717, 1.165) is 12.8 Å². The van der Waals surface area contributed by atoms with E-state index in [2.05, 4.69) is 37.5 Å². The van der Waals surface area contributed by atoms with Crippen molar-refractivity contribution in [2.75, 3.05) is 13.2 Å². The highest BCUT2D eigenvalue weighted by Crippen LogP contribution is 2.32. The maximum atomic E-state index is 12.0.